The molecule has 1 saturated carbocycles. The maximum absolute atomic E-state index is 13.0. The SMILES string of the molecule is Cc1cc(N)c2c(OC[C@@H]3CCCN3C(=O)C3CCCCC3)cccc2n1.O=C=O. The summed E-state index contributed by atoms with van der Waals surface area (Å²) in [7, 11) is 0. The summed E-state index contributed by atoms with van der Waals surface area (Å²) in [5, 5.41) is 0.867. The molecule has 1 saturated heterocycles. The van der Waals surface area contributed by atoms with Gasteiger partial charge in [-0.2, -0.15) is 9.59 Å². The standard InChI is InChI=1S/C22H29N3O2.CO2/c1-15-13-18(23)21-19(24-15)10-5-11-20(21)27-14-17-9-6-12-25(17)22(26)16-7-3-2-4-8-16;2-1-3/h5,10-11,13,16-17H,2-4,6-9,12,14H2,1H3,(H2,23,24);/t17-;/m0./s1. The maximum Gasteiger partial charge on any atom is 0.373 e. The zero-order chi connectivity index (χ0) is 21.5. The molecule has 0 bridgehead atoms. The van der Waals surface area contributed by atoms with Crippen LogP contribution >= 0.6 is 0 Å². The Morgan fingerprint density at radius 1 is 1.20 bits per heavy atom. The number of rotatable bonds is 4. The molecule has 1 aliphatic carbocycles. The van der Waals surface area contributed by atoms with Gasteiger partial charge in [-0.1, -0.05) is 25.3 Å². The van der Waals surface area contributed by atoms with Crippen molar-refractivity contribution in [2.24, 2.45) is 5.92 Å². The Kier molecular flexibility index (Phi) is 7.41. The molecule has 1 aromatic carbocycles. The van der Waals surface area contributed by atoms with E-state index < -0.39 is 0 Å². The van der Waals surface area contributed by atoms with Crippen molar-refractivity contribution in [2.75, 3.05) is 18.9 Å². The van der Waals surface area contributed by atoms with Crippen molar-refractivity contribution in [3.05, 3.63) is 30.0 Å². The Labute approximate surface area is 176 Å². The Hall–Kier alpha value is -2.92. The topological polar surface area (TPSA) is 103 Å². The first kappa shape index (κ1) is 21.8. The summed E-state index contributed by atoms with van der Waals surface area (Å²) in [5.41, 5.74) is 8.67. The molecule has 2 heterocycles. The number of benzene rings is 1. The van der Waals surface area contributed by atoms with Crippen LogP contribution in [0.15, 0.2) is 24.3 Å². The van der Waals surface area contributed by atoms with Gasteiger partial charge in [0.15, 0.2) is 0 Å². The van der Waals surface area contributed by atoms with E-state index in [9.17, 15) is 4.79 Å². The summed E-state index contributed by atoms with van der Waals surface area (Å²) in [5.74, 6) is 1.32. The number of carbonyl (C=O) groups excluding carboxylic acids is 3. The predicted octanol–water partition coefficient (Wildman–Crippen LogP) is 3.49. The van der Waals surface area contributed by atoms with E-state index in [2.05, 4.69) is 9.88 Å². The lowest BCUT2D eigenvalue weighted by Crippen LogP contribution is -2.42. The van der Waals surface area contributed by atoms with E-state index in [-0.39, 0.29) is 18.1 Å². The molecule has 1 atom stereocenters. The van der Waals surface area contributed by atoms with Crippen LogP contribution in [0.1, 0.15) is 50.6 Å². The molecule has 7 heteroatoms. The largest absolute Gasteiger partial charge is 0.491 e. The van der Waals surface area contributed by atoms with Crippen LogP contribution in [-0.4, -0.2) is 41.1 Å². The van der Waals surface area contributed by atoms with Gasteiger partial charge in [0.2, 0.25) is 5.91 Å². The van der Waals surface area contributed by atoms with Gasteiger partial charge in [-0.05, 0) is 50.8 Å². The highest BCUT2D eigenvalue weighted by Gasteiger charge is 2.34. The molecule has 2 aromatic rings. The summed E-state index contributed by atoms with van der Waals surface area (Å²) >= 11 is 0. The van der Waals surface area contributed by atoms with E-state index in [1.54, 1.807) is 0 Å². The number of carbonyl (C=O) groups is 1. The average Bonchev–Trinajstić information content (AvgIpc) is 3.21. The number of nitrogen functional groups attached to an aromatic ring is 1. The van der Waals surface area contributed by atoms with Crippen LogP contribution in [0.25, 0.3) is 10.9 Å². The van der Waals surface area contributed by atoms with Crippen molar-refractivity contribution in [3.8, 4) is 5.75 Å². The summed E-state index contributed by atoms with van der Waals surface area (Å²) in [6.07, 6.45) is 8.06. The van der Waals surface area contributed by atoms with E-state index in [1.165, 1.54) is 19.3 Å². The number of aromatic nitrogens is 1. The molecule has 1 aromatic heterocycles. The Bertz CT molecular complexity index is 918. The first-order valence-electron chi connectivity index (χ1n) is 10.6. The highest BCUT2D eigenvalue weighted by Crippen LogP contribution is 2.32. The average molecular weight is 412 g/mol. The molecule has 4 rings (SSSR count). The monoisotopic (exact) mass is 411 g/mol. The normalized spacial score (nSPS) is 19.1. The van der Waals surface area contributed by atoms with Crippen molar-refractivity contribution in [1.29, 1.82) is 0 Å². The van der Waals surface area contributed by atoms with Crippen molar-refractivity contribution in [2.45, 2.75) is 57.9 Å². The van der Waals surface area contributed by atoms with Gasteiger partial charge in [0.25, 0.3) is 0 Å². The number of likely N-dealkylation sites (tertiary alicyclic amines) is 1. The van der Waals surface area contributed by atoms with Crippen molar-refractivity contribution >= 4 is 28.6 Å². The van der Waals surface area contributed by atoms with Gasteiger partial charge in [-0.15, -0.1) is 0 Å². The van der Waals surface area contributed by atoms with E-state index in [1.807, 2.05) is 31.2 Å². The second-order valence-electron chi connectivity index (χ2n) is 8.06. The van der Waals surface area contributed by atoms with E-state index in [4.69, 9.17) is 20.1 Å². The highest BCUT2D eigenvalue weighted by molar-refractivity contribution is 5.95. The molecule has 0 radical (unpaired) electrons. The van der Waals surface area contributed by atoms with Crippen LogP contribution in [-0.2, 0) is 14.4 Å². The zero-order valence-electron chi connectivity index (χ0n) is 17.4. The number of aryl methyl sites for hydroxylation is 1. The number of hydrogen-bond acceptors (Lipinski definition) is 6. The molecule has 1 amide bonds. The number of fused-ring (bicyclic) bond motifs is 1. The van der Waals surface area contributed by atoms with Crippen LogP contribution in [0.4, 0.5) is 5.69 Å². The third-order valence-electron chi connectivity index (χ3n) is 6.00. The quantitative estimate of drug-likeness (QED) is 0.826. The van der Waals surface area contributed by atoms with Crippen molar-refractivity contribution in [3.63, 3.8) is 0 Å². The van der Waals surface area contributed by atoms with Gasteiger partial charge in [-0.25, -0.2) is 0 Å². The highest BCUT2D eigenvalue weighted by atomic mass is 16.5. The zero-order valence-corrected chi connectivity index (χ0v) is 17.4. The first-order valence-corrected chi connectivity index (χ1v) is 10.6. The molecule has 2 aliphatic rings. The minimum atomic E-state index is 0.161. The van der Waals surface area contributed by atoms with Crippen LogP contribution in [0.2, 0.25) is 0 Å². The number of amides is 1. The fourth-order valence-electron chi connectivity index (χ4n) is 4.61. The molecule has 1 aliphatic heterocycles. The molecular formula is C23H29N3O4. The van der Waals surface area contributed by atoms with Gasteiger partial charge in [0.05, 0.1) is 16.9 Å². The third kappa shape index (κ3) is 4.97. The number of ether oxygens (including phenoxy) is 1. The second kappa shape index (κ2) is 10.2. The van der Waals surface area contributed by atoms with Crippen LogP contribution in [0.3, 0.4) is 0 Å². The summed E-state index contributed by atoms with van der Waals surface area (Å²) in [6, 6.07) is 7.89. The first-order chi connectivity index (χ1) is 14.5. The molecule has 0 unspecified atom stereocenters. The van der Waals surface area contributed by atoms with E-state index >= 15 is 0 Å². The number of hydrogen-bond donors (Lipinski definition) is 1. The molecule has 2 N–H and O–H groups in total. The second-order valence-corrected chi connectivity index (χ2v) is 8.06. The summed E-state index contributed by atoms with van der Waals surface area (Å²) in [4.78, 5) is 35.8. The Balaban J connectivity index is 0.000000806. The van der Waals surface area contributed by atoms with Gasteiger partial charge in [0, 0.05) is 23.8 Å². The predicted molar refractivity (Wildman–Crippen MR) is 113 cm³/mol. The molecule has 0 spiro atoms. The smallest absolute Gasteiger partial charge is 0.373 e. The molecule has 7 nitrogen and oxygen atoms in total. The number of pyridine rings is 1. The van der Waals surface area contributed by atoms with Crippen molar-refractivity contribution in [1.82, 2.24) is 9.88 Å². The number of nitrogens with two attached hydrogens (primary N) is 1. The maximum atomic E-state index is 13.0. The molecule has 30 heavy (non-hydrogen) atoms. The van der Waals surface area contributed by atoms with E-state index in [0.29, 0.717) is 18.2 Å². The molecule has 2 fully saturated rings. The summed E-state index contributed by atoms with van der Waals surface area (Å²) in [6.45, 7) is 3.32. The fourth-order valence-corrected chi connectivity index (χ4v) is 4.61. The molecular weight excluding hydrogens is 382 g/mol. The van der Waals surface area contributed by atoms with Gasteiger partial charge in [-0.3, -0.25) is 9.78 Å². The Morgan fingerprint density at radius 2 is 1.93 bits per heavy atom. The van der Waals surface area contributed by atoms with Crippen molar-refractivity contribution < 1.29 is 19.1 Å². The third-order valence-corrected chi connectivity index (χ3v) is 6.00. The van der Waals surface area contributed by atoms with Crippen LogP contribution < -0.4 is 10.5 Å². The fraction of sp³-hybridized carbons (Fsp3) is 0.522. The molecule has 160 valence electrons. The lowest BCUT2D eigenvalue weighted by molar-refractivity contribution is -0.191. The number of anilines is 1. The van der Waals surface area contributed by atoms with Gasteiger partial charge >= 0.3 is 6.15 Å². The van der Waals surface area contributed by atoms with Crippen LogP contribution in [0, 0.1) is 12.8 Å². The van der Waals surface area contributed by atoms with Crippen LogP contribution in [0.5, 0.6) is 5.75 Å². The summed E-state index contributed by atoms with van der Waals surface area (Å²) < 4.78 is 6.18. The minimum Gasteiger partial charge on any atom is -0.491 e. The lowest BCUT2D eigenvalue weighted by Gasteiger charge is -2.30. The van der Waals surface area contributed by atoms with E-state index in [0.717, 1.165) is 54.6 Å². The van der Waals surface area contributed by atoms with Gasteiger partial charge in [0.1, 0.15) is 12.4 Å². The lowest BCUT2D eigenvalue weighted by atomic mass is 9.88. The van der Waals surface area contributed by atoms with Gasteiger partial charge < -0.3 is 15.4 Å². The number of nitrogens with zero attached hydrogens (tertiary/aromatic N) is 2. The minimum absolute atomic E-state index is 0.161. The Morgan fingerprint density at radius 3 is 2.67 bits per heavy atom.